The van der Waals surface area contributed by atoms with Crippen molar-refractivity contribution in [2.75, 3.05) is 0 Å². The summed E-state index contributed by atoms with van der Waals surface area (Å²) in [7, 11) is 0. The molecule has 0 saturated carbocycles. The molecule has 0 heterocycles. The normalized spacial score (nSPS) is 13.3. The van der Waals surface area contributed by atoms with E-state index < -0.39 is 11.8 Å². The zero-order valence-corrected chi connectivity index (χ0v) is 15.9. The van der Waals surface area contributed by atoms with Gasteiger partial charge < -0.3 is 15.3 Å². The Morgan fingerprint density at radius 3 is 1.62 bits per heavy atom. The first-order valence-corrected chi connectivity index (χ1v) is 9.43. The van der Waals surface area contributed by atoms with E-state index in [1.165, 1.54) is 25.3 Å². The molecule has 0 spiro atoms. The molecular weight excluding hydrogens is 328 g/mol. The standard InChI is InChI=1S/C22H34O4/c1-2-3-4-5-6-7-8-9-10-11-12-13-14-15-16-17-18-19-20-22(25,26)21(23)24/h3-4,9-10,12-13,15-16,18-19,25-26H,2,5-8,11,14,17,20H2,1H3,(H,23,24)/b4-3-,10-9-,13-12-,16-15-,19-18-. The number of aliphatic hydroxyl groups is 2. The maximum Gasteiger partial charge on any atom is 0.364 e. The molecule has 0 aromatic carbocycles. The minimum absolute atomic E-state index is 0.322. The van der Waals surface area contributed by atoms with E-state index >= 15 is 0 Å². The van der Waals surface area contributed by atoms with Gasteiger partial charge in [0.15, 0.2) is 0 Å². The van der Waals surface area contributed by atoms with Gasteiger partial charge in [-0.1, -0.05) is 67.7 Å². The Morgan fingerprint density at radius 1 is 0.731 bits per heavy atom. The van der Waals surface area contributed by atoms with Crippen LogP contribution in [0.2, 0.25) is 0 Å². The van der Waals surface area contributed by atoms with E-state index in [4.69, 9.17) is 15.3 Å². The number of aliphatic carboxylic acids is 1. The van der Waals surface area contributed by atoms with Crippen LogP contribution in [-0.2, 0) is 4.79 Å². The predicted molar refractivity (Wildman–Crippen MR) is 108 cm³/mol. The first kappa shape index (κ1) is 24.1. The first-order valence-electron chi connectivity index (χ1n) is 9.43. The molecule has 0 aromatic heterocycles. The summed E-state index contributed by atoms with van der Waals surface area (Å²) in [6.45, 7) is 2.16. The average Bonchev–Trinajstić information content (AvgIpc) is 2.60. The molecule has 146 valence electrons. The van der Waals surface area contributed by atoms with Crippen LogP contribution in [-0.4, -0.2) is 27.1 Å². The molecule has 4 nitrogen and oxygen atoms in total. The highest BCUT2D eigenvalue weighted by Crippen LogP contribution is 2.07. The second-order valence-electron chi connectivity index (χ2n) is 6.08. The fraction of sp³-hybridized carbons (Fsp3) is 0.500. The summed E-state index contributed by atoms with van der Waals surface area (Å²) >= 11 is 0. The summed E-state index contributed by atoms with van der Waals surface area (Å²) in [5, 5.41) is 26.7. The first-order chi connectivity index (χ1) is 12.5. The third kappa shape index (κ3) is 15.6. The Morgan fingerprint density at radius 2 is 1.15 bits per heavy atom. The van der Waals surface area contributed by atoms with E-state index in [1.54, 1.807) is 6.08 Å². The van der Waals surface area contributed by atoms with Crippen molar-refractivity contribution in [2.45, 2.75) is 70.5 Å². The molecule has 0 rings (SSSR count). The van der Waals surface area contributed by atoms with Gasteiger partial charge in [-0.05, 0) is 51.4 Å². The third-order valence-electron chi connectivity index (χ3n) is 3.62. The molecule has 3 N–H and O–H groups in total. The van der Waals surface area contributed by atoms with Crippen molar-refractivity contribution >= 4 is 5.97 Å². The smallest absolute Gasteiger partial charge is 0.364 e. The highest BCUT2D eigenvalue weighted by atomic mass is 16.5. The van der Waals surface area contributed by atoms with Crippen molar-refractivity contribution in [3.63, 3.8) is 0 Å². The molecule has 0 fully saturated rings. The molecule has 26 heavy (non-hydrogen) atoms. The number of carbonyl (C=O) groups is 1. The average molecular weight is 363 g/mol. The van der Waals surface area contributed by atoms with E-state index in [9.17, 15) is 4.79 Å². The van der Waals surface area contributed by atoms with Crippen LogP contribution in [0.3, 0.4) is 0 Å². The van der Waals surface area contributed by atoms with Gasteiger partial charge in [0, 0.05) is 6.42 Å². The van der Waals surface area contributed by atoms with Crippen LogP contribution >= 0.6 is 0 Å². The van der Waals surface area contributed by atoms with Gasteiger partial charge in [0.1, 0.15) is 0 Å². The van der Waals surface area contributed by atoms with Gasteiger partial charge in [-0.3, -0.25) is 0 Å². The van der Waals surface area contributed by atoms with Crippen LogP contribution in [0.4, 0.5) is 0 Å². The lowest BCUT2D eigenvalue weighted by atomic mass is 10.1. The Bertz CT molecular complexity index is 496. The topological polar surface area (TPSA) is 77.8 Å². The summed E-state index contributed by atoms with van der Waals surface area (Å²) < 4.78 is 0. The predicted octanol–water partition coefficient (Wildman–Crippen LogP) is 5.06. The minimum atomic E-state index is -2.68. The number of rotatable bonds is 15. The Balaban J connectivity index is 3.60. The van der Waals surface area contributed by atoms with Crippen LogP contribution in [0.5, 0.6) is 0 Å². The summed E-state index contributed by atoms with van der Waals surface area (Å²) in [4.78, 5) is 10.5. The fourth-order valence-corrected chi connectivity index (χ4v) is 2.07. The molecule has 0 aromatic rings. The van der Waals surface area contributed by atoms with Crippen LogP contribution in [0.25, 0.3) is 0 Å². The molecular formula is C22H34O4. The van der Waals surface area contributed by atoms with Crippen molar-refractivity contribution in [1.82, 2.24) is 0 Å². The Hall–Kier alpha value is -1.91. The summed E-state index contributed by atoms with van der Waals surface area (Å²) in [6, 6.07) is 0. The lowest BCUT2D eigenvalue weighted by molar-refractivity contribution is -0.201. The number of allylic oxidation sites excluding steroid dienone is 9. The second kappa shape index (κ2) is 16.6. The summed E-state index contributed by atoms with van der Waals surface area (Å²) in [6.07, 6.45) is 28.4. The summed E-state index contributed by atoms with van der Waals surface area (Å²) in [5.41, 5.74) is 0. The van der Waals surface area contributed by atoms with E-state index in [-0.39, 0.29) is 6.42 Å². The number of carboxylic acid groups (broad SMARTS) is 1. The Kier molecular flexibility index (Phi) is 15.3. The van der Waals surface area contributed by atoms with Crippen molar-refractivity contribution < 1.29 is 20.1 Å². The van der Waals surface area contributed by atoms with Crippen LogP contribution < -0.4 is 0 Å². The molecule has 0 atom stereocenters. The monoisotopic (exact) mass is 362 g/mol. The number of hydrogen-bond acceptors (Lipinski definition) is 3. The SMILES string of the molecule is CC/C=C\CCCC/C=C\C/C=C\C/C=C\C/C=C\CC(O)(O)C(=O)O. The lowest BCUT2D eigenvalue weighted by Crippen LogP contribution is -2.37. The van der Waals surface area contributed by atoms with Gasteiger partial charge in [0.2, 0.25) is 0 Å². The van der Waals surface area contributed by atoms with Gasteiger partial charge in [-0.2, -0.15) is 0 Å². The molecule has 4 heteroatoms. The quantitative estimate of drug-likeness (QED) is 0.216. The largest absolute Gasteiger partial charge is 0.477 e. The van der Waals surface area contributed by atoms with Crippen molar-refractivity contribution in [3.8, 4) is 0 Å². The van der Waals surface area contributed by atoms with E-state index in [0.717, 1.165) is 25.7 Å². The van der Waals surface area contributed by atoms with Gasteiger partial charge >= 0.3 is 5.97 Å². The van der Waals surface area contributed by atoms with Crippen LogP contribution in [0, 0.1) is 0 Å². The van der Waals surface area contributed by atoms with Crippen molar-refractivity contribution in [1.29, 1.82) is 0 Å². The highest BCUT2D eigenvalue weighted by Gasteiger charge is 2.30. The molecule has 0 unspecified atom stereocenters. The third-order valence-corrected chi connectivity index (χ3v) is 3.62. The molecule has 0 aliphatic rings. The van der Waals surface area contributed by atoms with Crippen LogP contribution in [0.15, 0.2) is 60.8 Å². The van der Waals surface area contributed by atoms with Gasteiger partial charge in [0.05, 0.1) is 0 Å². The highest BCUT2D eigenvalue weighted by molar-refractivity contribution is 5.75. The van der Waals surface area contributed by atoms with Gasteiger partial charge in [-0.15, -0.1) is 0 Å². The zero-order chi connectivity index (χ0) is 19.5. The maximum atomic E-state index is 10.5. The molecule has 0 aliphatic heterocycles. The zero-order valence-electron chi connectivity index (χ0n) is 15.9. The second-order valence-corrected chi connectivity index (χ2v) is 6.08. The Labute approximate surface area is 157 Å². The molecule has 0 radical (unpaired) electrons. The summed E-state index contributed by atoms with van der Waals surface area (Å²) in [5.74, 6) is -4.32. The molecule has 0 aliphatic carbocycles. The lowest BCUT2D eigenvalue weighted by Gasteiger charge is -2.12. The van der Waals surface area contributed by atoms with Crippen LogP contribution in [0.1, 0.15) is 64.7 Å². The van der Waals surface area contributed by atoms with E-state index in [2.05, 4.69) is 43.4 Å². The molecule has 0 amide bonds. The fourth-order valence-electron chi connectivity index (χ4n) is 2.07. The van der Waals surface area contributed by atoms with Gasteiger partial charge in [-0.25, -0.2) is 4.79 Å². The maximum absolute atomic E-state index is 10.5. The van der Waals surface area contributed by atoms with Crippen molar-refractivity contribution in [3.05, 3.63) is 60.8 Å². The number of hydrogen-bond donors (Lipinski definition) is 3. The molecule has 0 bridgehead atoms. The van der Waals surface area contributed by atoms with E-state index in [1.807, 2.05) is 12.2 Å². The minimum Gasteiger partial charge on any atom is -0.477 e. The number of unbranched alkanes of at least 4 members (excludes halogenated alkanes) is 3. The van der Waals surface area contributed by atoms with Crippen molar-refractivity contribution in [2.24, 2.45) is 0 Å². The van der Waals surface area contributed by atoms with E-state index in [0.29, 0.717) is 6.42 Å². The molecule has 0 saturated heterocycles. The number of carboxylic acids is 1. The van der Waals surface area contributed by atoms with Gasteiger partial charge in [0.25, 0.3) is 5.79 Å².